The Morgan fingerprint density at radius 1 is 1.33 bits per heavy atom. The molecule has 0 N–H and O–H groups in total. The molecule has 2 nitrogen and oxygen atoms in total. The third kappa shape index (κ3) is 3.86. The van der Waals surface area contributed by atoms with E-state index in [9.17, 15) is 4.79 Å². The topological polar surface area (TPSA) is 26.3 Å². The molecule has 0 heterocycles. The van der Waals surface area contributed by atoms with E-state index in [1.54, 1.807) is 0 Å². The van der Waals surface area contributed by atoms with Crippen LogP contribution in [0.2, 0.25) is 0 Å². The third-order valence-corrected chi connectivity index (χ3v) is 2.22. The van der Waals surface area contributed by atoms with E-state index in [1.807, 2.05) is 27.7 Å². The summed E-state index contributed by atoms with van der Waals surface area (Å²) in [4.78, 5) is 11.4. The molecular formula is C10H20O2. The first-order valence-electron chi connectivity index (χ1n) is 4.65. The summed E-state index contributed by atoms with van der Waals surface area (Å²) in [5, 5.41) is 0. The number of carbonyl (C=O) groups is 1. The number of ether oxygens (including phenoxy) is 1. The van der Waals surface area contributed by atoms with Gasteiger partial charge < -0.3 is 4.74 Å². The van der Waals surface area contributed by atoms with Crippen molar-refractivity contribution < 1.29 is 9.53 Å². The first-order chi connectivity index (χ1) is 5.54. The van der Waals surface area contributed by atoms with Crippen LogP contribution in [0.5, 0.6) is 0 Å². The summed E-state index contributed by atoms with van der Waals surface area (Å²) in [5.41, 5.74) is -0.215. The molecule has 0 aromatic heterocycles. The summed E-state index contributed by atoms with van der Waals surface area (Å²) < 4.78 is 5.18. The van der Waals surface area contributed by atoms with E-state index in [1.165, 1.54) is 0 Å². The fraction of sp³-hybridized carbons (Fsp3) is 0.900. The fourth-order valence-corrected chi connectivity index (χ4v) is 0.702. The van der Waals surface area contributed by atoms with Gasteiger partial charge in [0.25, 0.3) is 0 Å². The fourth-order valence-electron chi connectivity index (χ4n) is 0.702. The molecule has 0 saturated carbocycles. The molecule has 0 aliphatic carbocycles. The van der Waals surface area contributed by atoms with Gasteiger partial charge in [-0.25, -0.2) is 0 Å². The summed E-state index contributed by atoms with van der Waals surface area (Å²) in [6.45, 7) is 8.95. The Morgan fingerprint density at radius 3 is 2.33 bits per heavy atom. The van der Waals surface area contributed by atoms with Crippen molar-refractivity contribution in [3.8, 4) is 0 Å². The molecule has 0 saturated heterocycles. The number of carbonyl (C=O) groups excluding carboxylic acids is 1. The molecule has 72 valence electrons. The Labute approximate surface area is 75.3 Å². The van der Waals surface area contributed by atoms with Gasteiger partial charge in [0.05, 0.1) is 0 Å². The van der Waals surface area contributed by atoms with Crippen LogP contribution >= 0.6 is 0 Å². The lowest BCUT2D eigenvalue weighted by Crippen LogP contribution is -2.27. The maximum Gasteiger partial charge on any atom is 0.164 e. The molecule has 0 aromatic rings. The molecule has 0 aromatic carbocycles. The predicted molar refractivity (Wildman–Crippen MR) is 50.2 cm³/mol. The lowest BCUT2D eigenvalue weighted by atomic mass is 9.86. The quantitative estimate of drug-likeness (QED) is 0.575. The Morgan fingerprint density at radius 2 is 1.92 bits per heavy atom. The SMILES string of the molecule is CCCOCC(=O)C(C)(C)CC. The molecule has 0 bridgehead atoms. The molecule has 2 heteroatoms. The molecular weight excluding hydrogens is 152 g/mol. The van der Waals surface area contributed by atoms with Crippen LogP contribution < -0.4 is 0 Å². The summed E-state index contributed by atoms with van der Waals surface area (Å²) in [6.07, 6.45) is 1.85. The molecule has 0 spiro atoms. The van der Waals surface area contributed by atoms with Crippen molar-refractivity contribution in [1.82, 2.24) is 0 Å². The number of hydrogen-bond donors (Lipinski definition) is 0. The summed E-state index contributed by atoms with van der Waals surface area (Å²) in [6, 6.07) is 0. The van der Waals surface area contributed by atoms with Crippen LogP contribution in [0.15, 0.2) is 0 Å². The minimum absolute atomic E-state index is 0.207. The average molecular weight is 172 g/mol. The van der Waals surface area contributed by atoms with Gasteiger partial charge in [-0.3, -0.25) is 4.79 Å². The summed E-state index contributed by atoms with van der Waals surface area (Å²) in [5.74, 6) is 0.207. The van der Waals surface area contributed by atoms with Crippen LogP contribution in [0.3, 0.4) is 0 Å². The molecule has 0 unspecified atom stereocenters. The van der Waals surface area contributed by atoms with Gasteiger partial charge in [0.2, 0.25) is 0 Å². The highest BCUT2D eigenvalue weighted by atomic mass is 16.5. The second kappa shape index (κ2) is 5.31. The van der Waals surface area contributed by atoms with Crippen LogP contribution in [0.4, 0.5) is 0 Å². The predicted octanol–water partition coefficient (Wildman–Crippen LogP) is 2.42. The number of ketones is 1. The smallest absolute Gasteiger partial charge is 0.164 e. The van der Waals surface area contributed by atoms with E-state index in [-0.39, 0.29) is 17.8 Å². The van der Waals surface area contributed by atoms with Crippen LogP contribution in [-0.4, -0.2) is 19.0 Å². The second-order valence-corrected chi connectivity index (χ2v) is 3.71. The van der Waals surface area contributed by atoms with E-state index in [0.29, 0.717) is 6.61 Å². The largest absolute Gasteiger partial charge is 0.374 e. The number of Topliss-reactive ketones (excluding diaryl/α,β-unsaturated/α-hetero) is 1. The van der Waals surface area contributed by atoms with E-state index >= 15 is 0 Å². The van der Waals surface area contributed by atoms with Crippen LogP contribution in [0, 0.1) is 5.41 Å². The normalized spacial score (nSPS) is 11.7. The minimum Gasteiger partial charge on any atom is -0.374 e. The Balaban J connectivity index is 3.72. The minimum atomic E-state index is -0.215. The lowest BCUT2D eigenvalue weighted by molar-refractivity contribution is -0.132. The average Bonchev–Trinajstić information content (AvgIpc) is 2.05. The zero-order valence-electron chi connectivity index (χ0n) is 8.64. The monoisotopic (exact) mass is 172 g/mol. The van der Waals surface area contributed by atoms with Gasteiger partial charge in [0.15, 0.2) is 5.78 Å². The molecule has 0 aliphatic heterocycles. The first-order valence-corrected chi connectivity index (χ1v) is 4.65. The second-order valence-electron chi connectivity index (χ2n) is 3.71. The Hall–Kier alpha value is -0.370. The molecule has 0 fully saturated rings. The van der Waals surface area contributed by atoms with Gasteiger partial charge in [-0.05, 0) is 12.8 Å². The summed E-state index contributed by atoms with van der Waals surface area (Å²) in [7, 11) is 0. The van der Waals surface area contributed by atoms with Gasteiger partial charge in [-0.15, -0.1) is 0 Å². The highest BCUT2D eigenvalue weighted by Crippen LogP contribution is 2.20. The molecule has 0 rings (SSSR count). The molecule has 12 heavy (non-hydrogen) atoms. The maximum absolute atomic E-state index is 11.4. The van der Waals surface area contributed by atoms with E-state index < -0.39 is 0 Å². The van der Waals surface area contributed by atoms with Crippen LogP contribution in [-0.2, 0) is 9.53 Å². The lowest BCUT2D eigenvalue weighted by Gasteiger charge is -2.20. The Kier molecular flexibility index (Phi) is 5.14. The van der Waals surface area contributed by atoms with Crippen molar-refractivity contribution in [2.45, 2.75) is 40.5 Å². The molecule has 0 radical (unpaired) electrons. The van der Waals surface area contributed by atoms with Crippen molar-refractivity contribution in [2.24, 2.45) is 5.41 Å². The van der Waals surface area contributed by atoms with Crippen molar-refractivity contribution >= 4 is 5.78 Å². The molecule has 0 aliphatic rings. The van der Waals surface area contributed by atoms with Gasteiger partial charge in [0.1, 0.15) is 6.61 Å². The van der Waals surface area contributed by atoms with Gasteiger partial charge in [-0.1, -0.05) is 27.7 Å². The molecule has 0 atom stereocenters. The van der Waals surface area contributed by atoms with Gasteiger partial charge in [-0.2, -0.15) is 0 Å². The maximum atomic E-state index is 11.4. The van der Waals surface area contributed by atoms with Crippen molar-refractivity contribution in [1.29, 1.82) is 0 Å². The first kappa shape index (κ1) is 11.6. The van der Waals surface area contributed by atoms with Crippen LogP contribution in [0.1, 0.15) is 40.5 Å². The van der Waals surface area contributed by atoms with Crippen molar-refractivity contribution in [3.63, 3.8) is 0 Å². The van der Waals surface area contributed by atoms with E-state index in [2.05, 4.69) is 0 Å². The number of hydrogen-bond acceptors (Lipinski definition) is 2. The van der Waals surface area contributed by atoms with Crippen molar-refractivity contribution in [2.75, 3.05) is 13.2 Å². The molecule has 0 amide bonds. The standard InChI is InChI=1S/C10H20O2/c1-5-7-12-8-9(11)10(3,4)6-2/h5-8H2,1-4H3. The van der Waals surface area contributed by atoms with Crippen LogP contribution in [0.25, 0.3) is 0 Å². The zero-order valence-corrected chi connectivity index (χ0v) is 8.64. The highest BCUT2D eigenvalue weighted by molar-refractivity contribution is 5.85. The number of rotatable bonds is 6. The zero-order chi connectivity index (χ0) is 9.61. The van der Waals surface area contributed by atoms with Crippen molar-refractivity contribution in [3.05, 3.63) is 0 Å². The third-order valence-electron chi connectivity index (χ3n) is 2.22. The Bertz CT molecular complexity index is 139. The van der Waals surface area contributed by atoms with E-state index in [4.69, 9.17) is 4.74 Å². The van der Waals surface area contributed by atoms with E-state index in [0.717, 1.165) is 12.8 Å². The van der Waals surface area contributed by atoms with Gasteiger partial charge in [0, 0.05) is 12.0 Å². The van der Waals surface area contributed by atoms with Gasteiger partial charge >= 0.3 is 0 Å². The highest BCUT2D eigenvalue weighted by Gasteiger charge is 2.24. The summed E-state index contributed by atoms with van der Waals surface area (Å²) >= 11 is 0.